The van der Waals surface area contributed by atoms with Crippen LogP contribution in [-0.2, 0) is 4.79 Å². The van der Waals surface area contributed by atoms with Gasteiger partial charge in [-0.2, -0.15) is 0 Å². The van der Waals surface area contributed by atoms with Gasteiger partial charge in [0.15, 0.2) is 0 Å². The van der Waals surface area contributed by atoms with Gasteiger partial charge in [0.25, 0.3) is 0 Å². The second-order valence-corrected chi connectivity index (χ2v) is 6.25. The monoisotopic (exact) mass is 305 g/mol. The Morgan fingerprint density at radius 3 is 2.91 bits per heavy atom. The zero-order valence-corrected chi connectivity index (χ0v) is 13.0. The number of carbonyl (C=O) groups is 1. The first-order valence-electron chi connectivity index (χ1n) is 8.01. The lowest BCUT2D eigenvalue weighted by atomic mass is 10.0. The zero-order valence-electron chi connectivity index (χ0n) is 13.0. The number of rotatable bonds is 3. The van der Waals surface area contributed by atoms with Crippen molar-refractivity contribution < 1.29 is 4.79 Å². The second kappa shape index (κ2) is 5.54. The quantitative estimate of drug-likeness (QED) is 0.890. The first kappa shape index (κ1) is 14.0. The second-order valence-electron chi connectivity index (χ2n) is 6.25. The SMILES string of the molecule is Cc1cccnc1-c1ccc2c(c1)=CNC(NC(=O)C1CC1)C=2. The summed E-state index contributed by atoms with van der Waals surface area (Å²) in [6.45, 7) is 2.07. The maximum Gasteiger partial charge on any atom is 0.224 e. The van der Waals surface area contributed by atoms with Crippen molar-refractivity contribution in [1.29, 1.82) is 0 Å². The van der Waals surface area contributed by atoms with Gasteiger partial charge in [-0.3, -0.25) is 9.78 Å². The first-order valence-corrected chi connectivity index (χ1v) is 8.01. The normalized spacial score (nSPS) is 18.9. The van der Waals surface area contributed by atoms with Crippen LogP contribution in [0.4, 0.5) is 0 Å². The third kappa shape index (κ3) is 2.84. The van der Waals surface area contributed by atoms with Gasteiger partial charge in [-0.25, -0.2) is 0 Å². The summed E-state index contributed by atoms with van der Waals surface area (Å²) in [7, 11) is 0. The molecule has 2 aromatic rings. The molecule has 23 heavy (non-hydrogen) atoms. The number of fused-ring (bicyclic) bond motifs is 1. The summed E-state index contributed by atoms with van der Waals surface area (Å²) in [6, 6.07) is 10.3. The van der Waals surface area contributed by atoms with Gasteiger partial charge in [-0.15, -0.1) is 0 Å². The fraction of sp³-hybridized carbons (Fsp3) is 0.263. The van der Waals surface area contributed by atoms with E-state index in [2.05, 4.69) is 52.9 Å². The molecule has 1 atom stereocenters. The van der Waals surface area contributed by atoms with Crippen LogP contribution in [0.3, 0.4) is 0 Å². The summed E-state index contributed by atoms with van der Waals surface area (Å²) in [5.41, 5.74) is 3.27. The number of pyridine rings is 1. The molecule has 2 heterocycles. The molecule has 0 bridgehead atoms. The third-order valence-corrected chi connectivity index (χ3v) is 4.38. The van der Waals surface area contributed by atoms with Crippen LogP contribution in [0, 0.1) is 12.8 Å². The number of aromatic nitrogens is 1. The fourth-order valence-corrected chi connectivity index (χ4v) is 2.89. The summed E-state index contributed by atoms with van der Waals surface area (Å²) in [5.74, 6) is 0.373. The fourth-order valence-electron chi connectivity index (χ4n) is 2.89. The molecular weight excluding hydrogens is 286 g/mol. The van der Waals surface area contributed by atoms with E-state index in [0.717, 1.165) is 40.1 Å². The topological polar surface area (TPSA) is 54.0 Å². The molecule has 116 valence electrons. The number of benzene rings is 1. The van der Waals surface area contributed by atoms with E-state index in [-0.39, 0.29) is 18.0 Å². The molecule has 4 rings (SSSR count). The average molecular weight is 305 g/mol. The zero-order chi connectivity index (χ0) is 15.8. The van der Waals surface area contributed by atoms with Gasteiger partial charge in [0.05, 0.1) is 5.69 Å². The Kier molecular flexibility index (Phi) is 3.37. The molecular formula is C19H19N3O. The van der Waals surface area contributed by atoms with E-state index in [9.17, 15) is 4.79 Å². The van der Waals surface area contributed by atoms with Gasteiger partial charge < -0.3 is 10.6 Å². The lowest BCUT2D eigenvalue weighted by Gasteiger charge is -2.18. The Morgan fingerprint density at radius 1 is 1.26 bits per heavy atom. The molecule has 4 nitrogen and oxygen atoms in total. The maximum absolute atomic E-state index is 11.9. The molecule has 2 N–H and O–H groups in total. The number of amides is 1. The van der Waals surface area contributed by atoms with Crippen LogP contribution in [0.15, 0.2) is 36.5 Å². The molecule has 1 aliphatic carbocycles. The van der Waals surface area contributed by atoms with Crippen LogP contribution < -0.4 is 21.1 Å². The predicted molar refractivity (Wildman–Crippen MR) is 90.4 cm³/mol. The van der Waals surface area contributed by atoms with Gasteiger partial charge in [0.1, 0.15) is 6.17 Å². The van der Waals surface area contributed by atoms with Crippen molar-refractivity contribution in [2.24, 2.45) is 5.92 Å². The Morgan fingerprint density at radius 2 is 2.13 bits per heavy atom. The molecule has 1 saturated carbocycles. The summed E-state index contributed by atoms with van der Waals surface area (Å²) >= 11 is 0. The van der Waals surface area contributed by atoms with E-state index < -0.39 is 0 Å². The number of carbonyl (C=O) groups excluding carboxylic acids is 1. The summed E-state index contributed by atoms with van der Waals surface area (Å²) in [4.78, 5) is 16.3. The Hall–Kier alpha value is -2.62. The van der Waals surface area contributed by atoms with Crippen LogP contribution in [0.5, 0.6) is 0 Å². The van der Waals surface area contributed by atoms with Crippen LogP contribution >= 0.6 is 0 Å². The van der Waals surface area contributed by atoms with Crippen LogP contribution in [0.2, 0.25) is 0 Å². The smallest absolute Gasteiger partial charge is 0.224 e. The third-order valence-electron chi connectivity index (χ3n) is 4.38. The average Bonchev–Trinajstić information content (AvgIpc) is 3.40. The van der Waals surface area contributed by atoms with Crippen molar-refractivity contribution in [2.75, 3.05) is 0 Å². The van der Waals surface area contributed by atoms with Crippen LogP contribution in [0.25, 0.3) is 23.5 Å². The largest absolute Gasteiger partial charge is 0.368 e. The molecule has 1 aromatic heterocycles. The Balaban J connectivity index is 1.63. The van der Waals surface area contributed by atoms with Gasteiger partial charge >= 0.3 is 0 Å². The van der Waals surface area contributed by atoms with E-state index in [0.29, 0.717) is 0 Å². The highest BCUT2D eigenvalue weighted by Gasteiger charge is 2.30. The molecule has 0 radical (unpaired) electrons. The predicted octanol–water partition coefficient (Wildman–Crippen LogP) is 1.03. The van der Waals surface area contributed by atoms with E-state index in [4.69, 9.17) is 0 Å². The maximum atomic E-state index is 11.9. The first-order chi connectivity index (χ1) is 11.2. The van der Waals surface area contributed by atoms with Crippen molar-refractivity contribution >= 4 is 18.2 Å². The minimum atomic E-state index is -0.127. The van der Waals surface area contributed by atoms with Gasteiger partial charge in [-0.1, -0.05) is 18.2 Å². The van der Waals surface area contributed by atoms with Crippen molar-refractivity contribution in [1.82, 2.24) is 15.6 Å². The Bertz CT molecular complexity index is 884. The molecule has 1 aromatic carbocycles. The van der Waals surface area contributed by atoms with E-state index in [1.807, 2.05) is 18.5 Å². The van der Waals surface area contributed by atoms with Crippen LogP contribution in [-0.4, -0.2) is 17.1 Å². The van der Waals surface area contributed by atoms with E-state index in [1.54, 1.807) is 0 Å². The minimum absolute atomic E-state index is 0.127. The van der Waals surface area contributed by atoms with Gasteiger partial charge in [0, 0.05) is 23.9 Å². The van der Waals surface area contributed by atoms with Gasteiger partial charge in [-0.05, 0) is 54.0 Å². The molecule has 1 fully saturated rings. The summed E-state index contributed by atoms with van der Waals surface area (Å²) < 4.78 is 0. The summed E-state index contributed by atoms with van der Waals surface area (Å²) in [6.07, 6.45) is 7.76. The van der Waals surface area contributed by atoms with E-state index in [1.165, 1.54) is 0 Å². The lowest BCUT2D eigenvalue weighted by Crippen LogP contribution is -2.48. The number of nitrogens with zero attached hydrogens (tertiary/aromatic N) is 1. The number of nitrogens with one attached hydrogen (secondary N) is 2. The molecule has 4 heteroatoms. The Labute approximate surface area is 134 Å². The standard InChI is InChI=1S/C19H19N3O/c1-12-3-2-8-20-18(12)15-7-6-14-10-17(21-11-16(14)9-15)22-19(23)13-4-5-13/h2-3,6-11,13,17,21H,4-5H2,1H3,(H,22,23). The molecule has 1 unspecified atom stereocenters. The van der Waals surface area contributed by atoms with Crippen molar-refractivity contribution in [3.63, 3.8) is 0 Å². The highest BCUT2D eigenvalue weighted by molar-refractivity contribution is 5.82. The summed E-state index contributed by atoms with van der Waals surface area (Å²) in [5, 5.41) is 8.52. The number of hydrogen-bond acceptors (Lipinski definition) is 3. The highest BCUT2D eigenvalue weighted by atomic mass is 16.2. The van der Waals surface area contributed by atoms with Crippen molar-refractivity contribution in [3.05, 3.63) is 52.5 Å². The van der Waals surface area contributed by atoms with Crippen LogP contribution in [0.1, 0.15) is 18.4 Å². The van der Waals surface area contributed by atoms with Crippen molar-refractivity contribution in [2.45, 2.75) is 25.9 Å². The molecule has 1 aliphatic heterocycles. The van der Waals surface area contributed by atoms with E-state index >= 15 is 0 Å². The molecule has 1 amide bonds. The minimum Gasteiger partial charge on any atom is -0.368 e. The molecule has 0 spiro atoms. The van der Waals surface area contributed by atoms with Gasteiger partial charge in [0.2, 0.25) is 5.91 Å². The molecule has 2 aliphatic rings. The number of aryl methyl sites for hydroxylation is 1. The van der Waals surface area contributed by atoms with Crippen molar-refractivity contribution in [3.8, 4) is 11.3 Å². The number of hydrogen-bond donors (Lipinski definition) is 2. The molecule has 0 saturated heterocycles. The highest BCUT2D eigenvalue weighted by Crippen LogP contribution is 2.28. The lowest BCUT2D eigenvalue weighted by molar-refractivity contribution is -0.122.